The summed E-state index contributed by atoms with van der Waals surface area (Å²) in [5.74, 6) is -0.0687. The fourth-order valence-corrected chi connectivity index (χ4v) is 3.05. The molecule has 0 fully saturated rings. The van der Waals surface area contributed by atoms with Gasteiger partial charge in [0.25, 0.3) is 5.59 Å². The first kappa shape index (κ1) is 13.4. The van der Waals surface area contributed by atoms with Crippen LogP contribution in [0.4, 0.5) is 0 Å². The van der Waals surface area contributed by atoms with E-state index in [1.54, 1.807) is 6.07 Å². The lowest BCUT2D eigenvalue weighted by Gasteiger charge is -2.19. The predicted octanol–water partition coefficient (Wildman–Crippen LogP) is 0.704. The molecule has 16 heavy (non-hydrogen) atoms. The molecule has 0 spiro atoms. The van der Waals surface area contributed by atoms with Crippen molar-refractivity contribution in [3.05, 3.63) is 30.3 Å². The molecule has 0 heterocycles. The van der Waals surface area contributed by atoms with E-state index in [0.717, 1.165) is 0 Å². The molecule has 1 aromatic carbocycles. The number of aliphatic hydroxyl groups excluding tert-OH is 1. The van der Waals surface area contributed by atoms with Gasteiger partial charge in [-0.2, -0.15) is 0 Å². The number of para-hydroxylation sites is 1. The van der Waals surface area contributed by atoms with Crippen molar-refractivity contribution in [2.75, 3.05) is 0 Å². The van der Waals surface area contributed by atoms with Crippen molar-refractivity contribution >= 4 is 15.2 Å². The minimum Gasteiger partial charge on any atom is -0.422 e. The Kier molecular flexibility index (Phi) is 3.91. The Labute approximate surface area is 91.0 Å². The lowest BCUT2D eigenvalue weighted by atomic mass is 10.3. The molecule has 0 saturated heterocycles. The van der Waals surface area contributed by atoms with Crippen LogP contribution in [0.5, 0.6) is 5.75 Å². The number of benzene rings is 1. The molecule has 0 saturated carbocycles. The van der Waals surface area contributed by atoms with E-state index < -0.39 is 20.8 Å². The predicted molar refractivity (Wildman–Crippen MR) is 54.9 cm³/mol. The Morgan fingerprint density at radius 3 is 2.00 bits per heavy atom. The molecule has 2 atom stereocenters. The third-order valence-electron chi connectivity index (χ3n) is 1.57. The van der Waals surface area contributed by atoms with Crippen molar-refractivity contribution < 1.29 is 33.4 Å². The van der Waals surface area contributed by atoms with Gasteiger partial charge in [-0.15, -0.1) is 0 Å². The van der Waals surface area contributed by atoms with E-state index in [-0.39, 0.29) is 5.75 Å². The molecule has 4 N–H and O–H groups in total. The highest BCUT2D eigenvalue weighted by Gasteiger charge is 2.45. The van der Waals surface area contributed by atoms with Gasteiger partial charge in [-0.05, 0) is 12.1 Å². The zero-order valence-corrected chi connectivity index (χ0v) is 9.66. The highest BCUT2D eigenvalue weighted by atomic mass is 31.2. The van der Waals surface area contributed by atoms with E-state index in [0.29, 0.717) is 0 Å². The van der Waals surface area contributed by atoms with Crippen LogP contribution in [0.1, 0.15) is 0 Å². The Balaban J connectivity index is 2.89. The van der Waals surface area contributed by atoms with Crippen LogP contribution in [-0.2, 0) is 9.13 Å². The molecule has 1 aromatic rings. The van der Waals surface area contributed by atoms with Gasteiger partial charge in [0, 0.05) is 0 Å². The van der Waals surface area contributed by atoms with Crippen LogP contribution in [0.25, 0.3) is 0 Å². The molecule has 0 bridgehead atoms. The molecule has 0 aliphatic heterocycles. The molecule has 0 aromatic heterocycles. The summed E-state index contributed by atoms with van der Waals surface area (Å²) < 4.78 is 26.4. The number of rotatable bonds is 4. The van der Waals surface area contributed by atoms with E-state index in [1.165, 1.54) is 24.3 Å². The second-order valence-corrected chi connectivity index (χ2v) is 6.78. The lowest BCUT2D eigenvalue weighted by molar-refractivity contribution is 0.223. The maximum Gasteiger partial charge on any atom is 0.417 e. The topological polar surface area (TPSA) is 124 Å². The Morgan fingerprint density at radius 2 is 1.56 bits per heavy atom. The van der Waals surface area contributed by atoms with Crippen LogP contribution < -0.4 is 4.52 Å². The van der Waals surface area contributed by atoms with Crippen LogP contribution in [0.15, 0.2) is 30.3 Å². The van der Waals surface area contributed by atoms with Gasteiger partial charge in [-0.25, -0.2) is 4.57 Å². The summed E-state index contributed by atoms with van der Waals surface area (Å²) in [5, 5.41) is 8.97. The zero-order valence-electron chi connectivity index (χ0n) is 7.87. The zero-order chi connectivity index (χ0) is 12.4. The Hall–Kier alpha value is -0.680. The van der Waals surface area contributed by atoms with Gasteiger partial charge in [0.1, 0.15) is 5.75 Å². The minimum absolute atomic E-state index is 0.0687. The van der Waals surface area contributed by atoms with Gasteiger partial charge in [-0.1, -0.05) is 18.2 Å². The number of hydrogen-bond donors (Lipinski definition) is 4. The number of hydrogen-bond acceptors (Lipinski definition) is 4. The molecule has 2 unspecified atom stereocenters. The standard InChI is InChI=1S/C7H10O7P2/c8-7(15(9,10)11)16(12,13)14-6-4-2-1-3-5-6/h1-5,7-8H,(H,12,13)(H2,9,10,11). The van der Waals surface area contributed by atoms with Gasteiger partial charge >= 0.3 is 15.2 Å². The van der Waals surface area contributed by atoms with Crippen molar-refractivity contribution in [1.29, 1.82) is 0 Å². The summed E-state index contributed by atoms with van der Waals surface area (Å²) in [5.41, 5.74) is -2.75. The SMILES string of the molecule is O=P(O)(O)C(O)P(=O)(O)Oc1ccccc1. The van der Waals surface area contributed by atoms with Crippen LogP contribution in [0.2, 0.25) is 0 Å². The van der Waals surface area contributed by atoms with Gasteiger partial charge in [0.2, 0.25) is 0 Å². The third kappa shape index (κ3) is 3.42. The number of aliphatic hydroxyl groups is 1. The summed E-state index contributed by atoms with van der Waals surface area (Å²) in [4.78, 5) is 26.3. The molecule has 9 heteroatoms. The smallest absolute Gasteiger partial charge is 0.417 e. The molecule has 0 radical (unpaired) electrons. The highest BCUT2D eigenvalue weighted by Crippen LogP contribution is 2.60. The first-order valence-electron chi connectivity index (χ1n) is 4.04. The van der Waals surface area contributed by atoms with Crippen molar-refractivity contribution in [3.8, 4) is 5.75 Å². The largest absolute Gasteiger partial charge is 0.422 e. The van der Waals surface area contributed by atoms with Crippen LogP contribution in [0.3, 0.4) is 0 Å². The average Bonchev–Trinajstić information content (AvgIpc) is 2.16. The van der Waals surface area contributed by atoms with Crippen molar-refractivity contribution in [2.24, 2.45) is 0 Å². The van der Waals surface area contributed by atoms with E-state index >= 15 is 0 Å². The van der Waals surface area contributed by atoms with E-state index in [2.05, 4.69) is 4.52 Å². The van der Waals surface area contributed by atoms with Crippen LogP contribution in [0, 0.1) is 0 Å². The van der Waals surface area contributed by atoms with Crippen molar-refractivity contribution in [3.63, 3.8) is 0 Å². The van der Waals surface area contributed by atoms with E-state index in [9.17, 15) is 9.13 Å². The monoisotopic (exact) mass is 268 g/mol. The Morgan fingerprint density at radius 1 is 1.06 bits per heavy atom. The molecule has 0 amide bonds. The van der Waals surface area contributed by atoms with E-state index in [4.69, 9.17) is 19.8 Å². The van der Waals surface area contributed by atoms with Gasteiger partial charge < -0.3 is 24.3 Å². The fourth-order valence-electron chi connectivity index (χ4n) is 0.870. The maximum atomic E-state index is 11.3. The summed E-state index contributed by atoms with van der Waals surface area (Å²) in [6.07, 6.45) is 0. The lowest BCUT2D eigenvalue weighted by Crippen LogP contribution is -2.11. The molecule has 7 nitrogen and oxygen atoms in total. The molecular formula is C7H10O7P2. The molecule has 90 valence electrons. The van der Waals surface area contributed by atoms with E-state index in [1.807, 2.05) is 0 Å². The van der Waals surface area contributed by atoms with Gasteiger partial charge in [0.15, 0.2) is 0 Å². The molecule has 0 aliphatic rings. The fraction of sp³-hybridized carbons (Fsp3) is 0.143. The summed E-state index contributed by atoms with van der Waals surface area (Å²) in [6.45, 7) is 0. The first-order chi connectivity index (χ1) is 7.23. The summed E-state index contributed by atoms with van der Waals surface area (Å²) >= 11 is 0. The summed E-state index contributed by atoms with van der Waals surface area (Å²) in [7, 11) is -9.93. The Bertz CT molecular complexity index is 439. The second kappa shape index (κ2) is 4.67. The molecular weight excluding hydrogens is 258 g/mol. The van der Waals surface area contributed by atoms with Gasteiger partial charge in [-0.3, -0.25) is 4.57 Å². The normalized spacial score (nSPS) is 17.5. The maximum absolute atomic E-state index is 11.3. The van der Waals surface area contributed by atoms with Crippen molar-refractivity contribution in [1.82, 2.24) is 0 Å². The van der Waals surface area contributed by atoms with Gasteiger partial charge in [0.05, 0.1) is 0 Å². The minimum atomic E-state index is -5.10. The molecule has 0 aliphatic carbocycles. The average molecular weight is 268 g/mol. The van der Waals surface area contributed by atoms with Crippen molar-refractivity contribution in [2.45, 2.75) is 5.59 Å². The van der Waals surface area contributed by atoms with Crippen LogP contribution >= 0.6 is 15.2 Å². The quantitative estimate of drug-likeness (QED) is 0.592. The first-order valence-corrected chi connectivity index (χ1v) is 7.37. The molecule has 1 rings (SSSR count). The van der Waals surface area contributed by atoms with Crippen LogP contribution in [-0.4, -0.2) is 25.4 Å². The second-order valence-electron chi connectivity index (χ2n) is 2.90. The summed E-state index contributed by atoms with van der Waals surface area (Å²) in [6, 6.07) is 7.25. The third-order valence-corrected chi connectivity index (χ3v) is 5.01. The highest BCUT2D eigenvalue weighted by molar-refractivity contribution is 7.71.